The summed E-state index contributed by atoms with van der Waals surface area (Å²) < 4.78 is 50.6. The lowest BCUT2D eigenvalue weighted by molar-refractivity contribution is -0.144. The van der Waals surface area contributed by atoms with E-state index in [1.165, 1.54) is 27.7 Å². The molecule has 5 rings (SSSR count). The summed E-state index contributed by atoms with van der Waals surface area (Å²) in [6.45, 7) is 2.27. The molecule has 14 nitrogen and oxygen atoms in total. The minimum atomic E-state index is -5.82. The Morgan fingerprint density at radius 3 is 2.45 bits per heavy atom. The molecule has 0 bridgehead atoms. The first-order valence-corrected chi connectivity index (χ1v) is 17.2. The van der Waals surface area contributed by atoms with Crippen molar-refractivity contribution in [3.63, 3.8) is 0 Å². The van der Waals surface area contributed by atoms with Gasteiger partial charge in [-0.3, -0.25) is 23.7 Å². The first kappa shape index (κ1) is 35.9. The van der Waals surface area contributed by atoms with Crippen LogP contribution in [-0.2, 0) is 29.3 Å². The average molecular weight is 706 g/mol. The first-order valence-electron chi connectivity index (χ1n) is 15.6. The molecule has 2 aliphatic rings. The molecule has 17 heteroatoms. The number of methoxy groups -OCH3 is 1. The third-order valence-corrected chi connectivity index (χ3v) is 9.91. The summed E-state index contributed by atoms with van der Waals surface area (Å²) >= 11 is 0. The quantitative estimate of drug-likeness (QED) is 0.182. The molecule has 4 N–H and O–H groups in total. The number of aromatic nitrogens is 1. The van der Waals surface area contributed by atoms with E-state index in [0.29, 0.717) is 50.5 Å². The van der Waals surface area contributed by atoms with Crippen molar-refractivity contribution in [3.8, 4) is 5.75 Å². The Balaban J connectivity index is 1.37. The van der Waals surface area contributed by atoms with Crippen LogP contribution in [0.3, 0.4) is 0 Å². The predicted octanol–water partition coefficient (Wildman–Crippen LogP) is 2.79. The number of fused-ring (bicyclic) bond motifs is 2. The van der Waals surface area contributed by atoms with Gasteiger partial charge in [0.05, 0.1) is 6.61 Å². The van der Waals surface area contributed by atoms with E-state index in [-0.39, 0.29) is 41.0 Å². The Bertz CT molecular complexity index is 1780. The van der Waals surface area contributed by atoms with Crippen LogP contribution in [0.2, 0.25) is 0 Å². The second-order valence-corrected chi connectivity index (χ2v) is 13.7. The molecule has 3 atom stereocenters. The van der Waals surface area contributed by atoms with Crippen molar-refractivity contribution in [1.82, 2.24) is 20.1 Å². The fourth-order valence-corrected chi connectivity index (χ4v) is 6.69. The van der Waals surface area contributed by atoms with E-state index < -0.39 is 42.7 Å². The Morgan fingerprint density at radius 2 is 1.80 bits per heavy atom. The normalized spacial score (nSPS) is 20.1. The molecule has 0 aliphatic carbocycles. The second-order valence-electron chi connectivity index (χ2n) is 12.1. The van der Waals surface area contributed by atoms with E-state index >= 15 is 0 Å². The van der Waals surface area contributed by atoms with E-state index in [9.17, 15) is 32.5 Å². The molecular weight excluding hydrogens is 667 g/mol. The lowest BCUT2D eigenvalue weighted by Gasteiger charge is -2.39. The SMILES string of the molecule is COCCOc1ccc(N(C)C(=O)[C@@H]2CC[C@@H]3CCN(C(C)=O)CC(NC(=O)c4cc5cc(C(F)(F)P(=O)(O)O)ccc5[nH]4)C(=O)N32)cc1. The maximum absolute atomic E-state index is 14.3. The molecule has 2 saturated heterocycles. The number of amides is 4. The molecule has 3 heterocycles. The summed E-state index contributed by atoms with van der Waals surface area (Å²) in [7, 11) is -2.64. The van der Waals surface area contributed by atoms with Gasteiger partial charge in [0.25, 0.3) is 5.91 Å². The Hall–Kier alpha value is -4.37. The van der Waals surface area contributed by atoms with Crippen LogP contribution in [0.5, 0.6) is 5.75 Å². The highest BCUT2D eigenvalue weighted by Crippen LogP contribution is 2.59. The smallest absolute Gasteiger partial charge is 0.399 e. The number of aromatic amines is 1. The van der Waals surface area contributed by atoms with Gasteiger partial charge < -0.3 is 44.3 Å². The molecule has 2 aliphatic heterocycles. The van der Waals surface area contributed by atoms with Gasteiger partial charge in [-0.2, -0.15) is 8.78 Å². The third-order valence-electron chi connectivity index (χ3n) is 8.92. The number of H-pyrrole nitrogens is 1. The maximum Gasteiger partial charge on any atom is 0.399 e. The Labute approximate surface area is 280 Å². The number of anilines is 1. The molecule has 49 heavy (non-hydrogen) atoms. The van der Waals surface area contributed by atoms with Crippen LogP contribution in [0.25, 0.3) is 10.9 Å². The van der Waals surface area contributed by atoms with E-state index in [1.54, 1.807) is 38.4 Å². The number of carbonyl (C=O) groups is 4. The number of nitrogens with zero attached hydrogens (tertiary/aromatic N) is 3. The highest BCUT2D eigenvalue weighted by Gasteiger charge is 2.50. The van der Waals surface area contributed by atoms with Gasteiger partial charge in [0.15, 0.2) is 0 Å². The number of halogens is 2. The minimum absolute atomic E-state index is 0.0769. The molecule has 264 valence electrons. The van der Waals surface area contributed by atoms with Gasteiger partial charge in [-0.25, -0.2) is 0 Å². The van der Waals surface area contributed by atoms with Gasteiger partial charge in [-0.1, -0.05) is 6.07 Å². The van der Waals surface area contributed by atoms with Crippen LogP contribution >= 0.6 is 7.60 Å². The maximum atomic E-state index is 14.3. The number of alkyl halides is 2. The molecule has 1 unspecified atom stereocenters. The van der Waals surface area contributed by atoms with Gasteiger partial charge in [-0.05, 0) is 61.7 Å². The number of rotatable bonds is 10. The van der Waals surface area contributed by atoms with E-state index in [4.69, 9.17) is 19.3 Å². The summed E-state index contributed by atoms with van der Waals surface area (Å²) in [6, 6.07) is 8.55. The van der Waals surface area contributed by atoms with Crippen molar-refractivity contribution in [2.45, 2.75) is 50.0 Å². The zero-order valence-corrected chi connectivity index (χ0v) is 28.0. The zero-order chi connectivity index (χ0) is 35.7. The van der Waals surface area contributed by atoms with Crippen LogP contribution in [0.15, 0.2) is 48.5 Å². The van der Waals surface area contributed by atoms with Crippen LogP contribution in [0.1, 0.15) is 42.2 Å². The van der Waals surface area contributed by atoms with Gasteiger partial charge in [-0.15, -0.1) is 0 Å². The summed E-state index contributed by atoms with van der Waals surface area (Å²) in [5.74, 6) is -1.36. The number of benzene rings is 2. The molecule has 0 spiro atoms. The van der Waals surface area contributed by atoms with E-state index in [1.807, 2.05) is 0 Å². The van der Waals surface area contributed by atoms with Crippen molar-refractivity contribution in [2.24, 2.45) is 0 Å². The summed E-state index contributed by atoms with van der Waals surface area (Å²) in [6.07, 6.45) is 1.33. The first-order chi connectivity index (χ1) is 23.1. The lowest BCUT2D eigenvalue weighted by Crippen LogP contribution is -2.61. The monoisotopic (exact) mass is 705 g/mol. The summed E-state index contributed by atoms with van der Waals surface area (Å²) in [5, 5.41) is 2.73. The number of ether oxygens (including phenoxy) is 2. The number of hydrogen-bond donors (Lipinski definition) is 4. The minimum Gasteiger partial charge on any atom is -0.491 e. The third kappa shape index (κ3) is 7.47. The zero-order valence-electron chi connectivity index (χ0n) is 27.1. The van der Waals surface area contributed by atoms with Crippen molar-refractivity contribution < 1.29 is 51.8 Å². The van der Waals surface area contributed by atoms with Crippen molar-refractivity contribution >= 4 is 47.8 Å². The topological polar surface area (TPSA) is 182 Å². The predicted molar refractivity (Wildman–Crippen MR) is 173 cm³/mol. The van der Waals surface area contributed by atoms with Gasteiger partial charge >= 0.3 is 13.3 Å². The summed E-state index contributed by atoms with van der Waals surface area (Å²) in [5.41, 5.74) is -4.68. The highest BCUT2D eigenvalue weighted by atomic mass is 31.2. The average Bonchev–Trinajstić information content (AvgIpc) is 3.68. The summed E-state index contributed by atoms with van der Waals surface area (Å²) in [4.78, 5) is 79.4. The van der Waals surface area contributed by atoms with E-state index in [2.05, 4.69) is 10.3 Å². The van der Waals surface area contributed by atoms with Crippen LogP contribution in [-0.4, -0.2) is 107 Å². The van der Waals surface area contributed by atoms with Crippen LogP contribution in [0, 0.1) is 0 Å². The Kier molecular flexibility index (Phi) is 10.4. The van der Waals surface area contributed by atoms with Crippen molar-refractivity contribution in [1.29, 1.82) is 0 Å². The van der Waals surface area contributed by atoms with Gasteiger partial charge in [0.1, 0.15) is 30.1 Å². The fourth-order valence-electron chi connectivity index (χ4n) is 6.22. The van der Waals surface area contributed by atoms with Crippen molar-refractivity contribution in [2.75, 3.05) is 45.4 Å². The molecule has 2 fully saturated rings. The molecule has 3 aromatic rings. The molecule has 4 amide bonds. The number of hydrogen-bond acceptors (Lipinski definition) is 7. The number of likely N-dealkylation sites (N-methyl/N-ethyl adjacent to an activating group) is 1. The van der Waals surface area contributed by atoms with Gasteiger partial charge in [0, 0.05) is 62.4 Å². The Morgan fingerprint density at radius 1 is 1.08 bits per heavy atom. The second kappa shape index (κ2) is 14.2. The molecule has 0 saturated carbocycles. The highest BCUT2D eigenvalue weighted by molar-refractivity contribution is 7.52. The molecule has 1 aromatic heterocycles. The van der Waals surface area contributed by atoms with Gasteiger partial charge in [0.2, 0.25) is 17.7 Å². The molecule has 0 radical (unpaired) electrons. The molecule has 2 aromatic carbocycles. The fraction of sp³-hybridized carbons (Fsp3) is 0.438. The number of nitrogens with one attached hydrogen (secondary N) is 2. The number of carbonyl (C=O) groups excluding carboxylic acids is 4. The van der Waals surface area contributed by atoms with Crippen LogP contribution < -0.4 is 15.0 Å². The molecular formula is C32H38F2N5O9P. The largest absolute Gasteiger partial charge is 0.491 e. The van der Waals surface area contributed by atoms with Crippen LogP contribution in [0.4, 0.5) is 14.5 Å². The standard InChI is InChI=1S/C32H38F2N5O9P/c1-19(40)38-13-12-23-7-11-28(31(43)37(2)22-5-8-24(9-6-22)48-15-14-47-3)39(23)30(42)27(18-38)36-29(41)26-17-20-16-21(4-10-25(20)35-26)32(33,34)49(44,45)46/h4-6,8-10,16-17,23,27-28,35H,7,11-15,18H2,1-3H3,(H,36,41)(H2,44,45,46)/t23-,27?,28+/m1/s1. The van der Waals surface area contributed by atoms with E-state index in [0.717, 1.165) is 18.2 Å². The lowest BCUT2D eigenvalue weighted by atomic mass is 10.1. The van der Waals surface area contributed by atoms with Crippen molar-refractivity contribution in [3.05, 3.63) is 59.8 Å².